The van der Waals surface area contributed by atoms with Gasteiger partial charge in [-0.05, 0) is 24.3 Å². The molecule has 0 saturated carbocycles. The van der Waals surface area contributed by atoms with Crippen LogP contribution in [0.1, 0.15) is 5.56 Å². The Kier molecular flexibility index (Phi) is 3.02. The summed E-state index contributed by atoms with van der Waals surface area (Å²) in [5.74, 6) is 0. The van der Waals surface area contributed by atoms with Crippen molar-refractivity contribution >= 4 is 16.7 Å². The zero-order chi connectivity index (χ0) is 13.1. The molecule has 0 spiro atoms. The predicted molar refractivity (Wildman–Crippen MR) is 76.3 cm³/mol. The van der Waals surface area contributed by atoms with Gasteiger partial charge in [0.05, 0.1) is 17.2 Å². The third-order valence-electron chi connectivity index (χ3n) is 3.01. The molecule has 3 nitrogen and oxygen atoms in total. The molecule has 3 heteroatoms. The van der Waals surface area contributed by atoms with Gasteiger partial charge in [-0.25, -0.2) is 0 Å². The van der Waals surface area contributed by atoms with Gasteiger partial charge in [0.2, 0.25) is 0 Å². The molecule has 1 N–H and O–H groups in total. The van der Waals surface area contributed by atoms with E-state index in [1.165, 1.54) is 6.26 Å². The van der Waals surface area contributed by atoms with Crippen molar-refractivity contribution in [3.63, 3.8) is 0 Å². The molecule has 3 rings (SSSR count). The minimum absolute atomic E-state index is 0.0188. The fourth-order valence-corrected chi connectivity index (χ4v) is 1.99. The van der Waals surface area contributed by atoms with Crippen molar-refractivity contribution in [3.8, 4) is 0 Å². The number of fused-ring (bicyclic) bond motifs is 1. The number of anilines is 1. The van der Waals surface area contributed by atoms with E-state index in [-0.39, 0.29) is 5.43 Å². The Balaban J connectivity index is 1.90. The summed E-state index contributed by atoms with van der Waals surface area (Å²) in [4.78, 5) is 12.2. The van der Waals surface area contributed by atoms with E-state index < -0.39 is 0 Å². The quantitative estimate of drug-likeness (QED) is 0.775. The second-order valence-electron chi connectivity index (χ2n) is 4.31. The molecule has 0 fully saturated rings. The van der Waals surface area contributed by atoms with Gasteiger partial charge in [0.15, 0.2) is 5.43 Å². The standard InChI is InChI=1S/C16H13NO2/c18-16-12(10-17-13-6-2-1-3-7-13)11-19-15-9-5-4-8-14(15)16/h1-9,11,17H,10H2. The summed E-state index contributed by atoms with van der Waals surface area (Å²) in [6.45, 7) is 0.456. The predicted octanol–water partition coefficient (Wildman–Crippen LogP) is 3.41. The molecule has 0 aliphatic carbocycles. The number of para-hydroxylation sites is 2. The van der Waals surface area contributed by atoms with Gasteiger partial charge in [-0.3, -0.25) is 4.79 Å². The number of rotatable bonds is 3. The Labute approximate surface area is 110 Å². The van der Waals surface area contributed by atoms with Crippen LogP contribution in [0.25, 0.3) is 11.0 Å². The lowest BCUT2D eigenvalue weighted by Crippen LogP contribution is -2.12. The lowest BCUT2D eigenvalue weighted by atomic mass is 10.1. The van der Waals surface area contributed by atoms with Gasteiger partial charge in [0.25, 0.3) is 0 Å². The lowest BCUT2D eigenvalue weighted by molar-refractivity contribution is 0.594. The number of nitrogens with one attached hydrogen (secondary N) is 1. The maximum Gasteiger partial charge on any atom is 0.197 e. The van der Waals surface area contributed by atoms with Gasteiger partial charge < -0.3 is 9.73 Å². The van der Waals surface area contributed by atoms with Crippen LogP contribution < -0.4 is 10.7 Å². The van der Waals surface area contributed by atoms with Crippen LogP contribution in [0.15, 0.2) is 70.1 Å². The Morgan fingerprint density at radius 1 is 0.947 bits per heavy atom. The Morgan fingerprint density at radius 2 is 1.68 bits per heavy atom. The highest BCUT2D eigenvalue weighted by molar-refractivity contribution is 5.76. The van der Waals surface area contributed by atoms with E-state index in [1.807, 2.05) is 42.5 Å². The second kappa shape index (κ2) is 4.98. The minimum Gasteiger partial charge on any atom is -0.464 e. The molecule has 19 heavy (non-hydrogen) atoms. The van der Waals surface area contributed by atoms with Crippen molar-refractivity contribution in [2.24, 2.45) is 0 Å². The van der Waals surface area contributed by atoms with E-state index in [0.717, 1.165) is 5.69 Å². The average molecular weight is 251 g/mol. The summed E-state index contributed by atoms with van der Waals surface area (Å²) in [5, 5.41) is 3.83. The van der Waals surface area contributed by atoms with Crippen molar-refractivity contribution < 1.29 is 4.42 Å². The van der Waals surface area contributed by atoms with Crippen LogP contribution in [-0.4, -0.2) is 0 Å². The van der Waals surface area contributed by atoms with Crippen LogP contribution >= 0.6 is 0 Å². The maximum atomic E-state index is 12.2. The number of benzene rings is 2. The molecule has 0 amide bonds. The molecule has 0 atom stereocenters. The summed E-state index contributed by atoms with van der Waals surface area (Å²) in [6, 6.07) is 17.1. The van der Waals surface area contributed by atoms with Gasteiger partial charge in [0, 0.05) is 12.2 Å². The Morgan fingerprint density at radius 3 is 2.53 bits per heavy atom. The van der Waals surface area contributed by atoms with E-state index in [9.17, 15) is 4.79 Å². The van der Waals surface area contributed by atoms with Crippen molar-refractivity contribution in [3.05, 3.63) is 76.6 Å². The molecule has 0 saturated heterocycles. The van der Waals surface area contributed by atoms with Crippen molar-refractivity contribution in [1.29, 1.82) is 0 Å². The molecule has 0 aliphatic rings. The molecule has 1 aromatic heterocycles. The molecular weight excluding hydrogens is 238 g/mol. The fourth-order valence-electron chi connectivity index (χ4n) is 1.99. The first-order valence-corrected chi connectivity index (χ1v) is 6.13. The molecule has 0 unspecified atom stereocenters. The van der Waals surface area contributed by atoms with Crippen LogP contribution in [0, 0.1) is 0 Å². The fraction of sp³-hybridized carbons (Fsp3) is 0.0625. The summed E-state index contributed by atoms with van der Waals surface area (Å²) in [5.41, 5.74) is 2.25. The molecule has 0 bridgehead atoms. The monoisotopic (exact) mass is 251 g/mol. The van der Waals surface area contributed by atoms with E-state index in [0.29, 0.717) is 23.1 Å². The third kappa shape index (κ3) is 2.36. The highest BCUT2D eigenvalue weighted by Gasteiger charge is 2.05. The molecule has 1 heterocycles. The van der Waals surface area contributed by atoms with Gasteiger partial charge >= 0.3 is 0 Å². The highest BCUT2D eigenvalue weighted by atomic mass is 16.3. The first-order valence-electron chi connectivity index (χ1n) is 6.13. The van der Waals surface area contributed by atoms with Crippen LogP contribution in [0.5, 0.6) is 0 Å². The number of hydrogen-bond donors (Lipinski definition) is 1. The van der Waals surface area contributed by atoms with Crippen LogP contribution in [-0.2, 0) is 6.54 Å². The molecule has 0 aliphatic heterocycles. The van der Waals surface area contributed by atoms with Crippen molar-refractivity contribution in [2.75, 3.05) is 5.32 Å². The van der Waals surface area contributed by atoms with E-state index in [4.69, 9.17) is 4.42 Å². The van der Waals surface area contributed by atoms with Crippen molar-refractivity contribution in [2.45, 2.75) is 6.54 Å². The van der Waals surface area contributed by atoms with Gasteiger partial charge in [-0.15, -0.1) is 0 Å². The molecule has 2 aromatic carbocycles. The second-order valence-corrected chi connectivity index (χ2v) is 4.31. The summed E-state index contributed by atoms with van der Waals surface area (Å²) < 4.78 is 5.47. The summed E-state index contributed by atoms with van der Waals surface area (Å²) >= 11 is 0. The van der Waals surface area contributed by atoms with Gasteiger partial charge in [-0.2, -0.15) is 0 Å². The first-order chi connectivity index (χ1) is 9.34. The topological polar surface area (TPSA) is 42.2 Å². The van der Waals surface area contributed by atoms with Crippen molar-refractivity contribution in [1.82, 2.24) is 0 Å². The zero-order valence-electron chi connectivity index (χ0n) is 10.3. The Hall–Kier alpha value is -2.55. The lowest BCUT2D eigenvalue weighted by Gasteiger charge is -2.06. The summed E-state index contributed by atoms with van der Waals surface area (Å²) in [7, 11) is 0. The minimum atomic E-state index is 0.0188. The average Bonchev–Trinajstić information content (AvgIpc) is 2.48. The van der Waals surface area contributed by atoms with Gasteiger partial charge in [-0.1, -0.05) is 30.3 Å². The van der Waals surface area contributed by atoms with E-state index in [1.54, 1.807) is 12.1 Å². The van der Waals surface area contributed by atoms with E-state index >= 15 is 0 Å². The highest BCUT2D eigenvalue weighted by Crippen LogP contribution is 2.12. The normalized spacial score (nSPS) is 10.5. The van der Waals surface area contributed by atoms with Crippen LogP contribution in [0.4, 0.5) is 5.69 Å². The van der Waals surface area contributed by atoms with Gasteiger partial charge in [0.1, 0.15) is 5.58 Å². The maximum absolute atomic E-state index is 12.2. The third-order valence-corrected chi connectivity index (χ3v) is 3.01. The molecule has 0 radical (unpaired) electrons. The smallest absolute Gasteiger partial charge is 0.197 e. The largest absolute Gasteiger partial charge is 0.464 e. The SMILES string of the molecule is O=c1c(CNc2ccccc2)coc2ccccc12. The number of hydrogen-bond acceptors (Lipinski definition) is 3. The molecule has 94 valence electrons. The van der Waals surface area contributed by atoms with E-state index in [2.05, 4.69) is 5.32 Å². The summed E-state index contributed by atoms with van der Waals surface area (Å²) in [6.07, 6.45) is 1.53. The molecular formula is C16H13NO2. The Bertz CT molecular complexity index is 747. The van der Waals surface area contributed by atoms with Crippen LogP contribution in [0.3, 0.4) is 0 Å². The first kappa shape index (κ1) is 11.5. The van der Waals surface area contributed by atoms with Crippen LogP contribution in [0.2, 0.25) is 0 Å². The zero-order valence-corrected chi connectivity index (χ0v) is 10.3. The molecule has 3 aromatic rings.